The molecule has 14 heavy (non-hydrogen) atoms. The molecular weight excluding hydrogens is 196 g/mol. The van der Waals surface area contributed by atoms with Gasteiger partial charge in [0.2, 0.25) is 5.78 Å². The van der Waals surface area contributed by atoms with E-state index in [1.54, 1.807) is 6.92 Å². The van der Waals surface area contributed by atoms with Crippen LogP contribution in [0.3, 0.4) is 0 Å². The topological polar surface area (TPSA) is 37.3 Å². The minimum absolute atomic E-state index is 0.155. The van der Waals surface area contributed by atoms with E-state index in [2.05, 4.69) is 0 Å². The first-order valence-corrected chi connectivity index (χ1v) is 5.67. The molecule has 1 unspecified atom stereocenters. The standard InChI is InChI=1S/C11H16O2S/c1-4-5-11(3,13)10(12)9-6-8(2)7-14-9/h6-7,13H,4-5H2,1-3H3. The summed E-state index contributed by atoms with van der Waals surface area (Å²) in [7, 11) is 0. The average Bonchev–Trinajstić information content (AvgIpc) is 2.50. The summed E-state index contributed by atoms with van der Waals surface area (Å²) in [6, 6.07) is 1.83. The molecule has 1 aromatic rings. The number of aliphatic hydroxyl groups is 1. The van der Waals surface area contributed by atoms with Gasteiger partial charge in [-0.15, -0.1) is 11.3 Å². The first kappa shape index (κ1) is 11.4. The van der Waals surface area contributed by atoms with E-state index in [1.807, 2.05) is 25.3 Å². The first-order chi connectivity index (χ1) is 6.47. The number of carbonyl (C=O) groups excluding carboxylic acids is 1. The molecule has 1 heterocycles. The van der Waals surface area contributed by atoms with Gasteiger partial charge in [0.1, 0.15) is 5.60 Å². The fourth-order valence-corrected chi connectivity index (χ4v) is 2.38. The maximum Gasteiger partial charge on any atom is 0.203 e. The summed E-state index contributed by atoms with van der Waals surface area (Å²) in [5, 5.41) is 11.8. The van der Waals surface area contributed by atoms with Gasteiger partial charge in [-0.3, -0.25) is 4.79 Å². The van der Waals surface area contributed by atoms with Crippen LogP contribution in [0.5, 0.6) is 0 Å². The van der Waals surface area contributed by atoms with Gasteiger partial charge in [-0.05, 0) is 37.3 Å². The summed E-state index contributed by atoms with van der Waals surface area (Å²) < 4.78 is 0. The van der Waals surface area contributed by atoms with Gasteiger partial charge in [-0.25, -0.2) is 0 Å². The van der Waals surface area contributed by atoms with Crippen LogP contribution in [0.15, 0.2) is 11.4 Å². The summed E-state index contributed by atoms with van der Waals surface area (Å²) in [4.78, 5) is 12.5. The van der Waals surface area contributed by atoms with Crippen molar-refractivity contribution in [2.24, 2.45) is 0 Å². The molecule has 0 aromatic carbocycles. The van der Waals surface area contributed by atoms with Crippen molar-refractivity contribution in [3.63, 3.8) is 0 Å². The fraction of sp³-hybridized carbons (Fsp3) is 0.545. The minimum Gasteiger partial charge on any atom is -0.382 e. The third-order valence-corrected chi connectivity index (χ3v) is 3.23. The zero-order valence-electron chi connectivity index (χ0n) is 8.83. The van der Waals surface area contributed by atoms with E-state index in [0.717, 1.165) is 12.0 Å². The Kier molecular flexibility index (Phi) is 3.45. The van der Waals surface area contributed by atoms with Gasteiger partial charge in [0.05, 0.1) is 4.88 Å². The number of carbonyl (C=O) groups is 1. The maximum absolute atomic E-state index is 11.8. The Hall–Kier alpha value is -0.670. The van der Waals surface area contributed by atoms with E-state index in [-0.39, 0.29) is 5.78 Å². The smallest absolute Gasteiger partial charge is 0.203 e. The molecule has 0 bridgehead atoms. The lowest BCUT2D eigenvalue weighted by molar-refractivity contribution is 0.0368. The number of Topliss-reactive ketones (excluding diaryl/α,β-unsaturated/α-hetero) is 1. The van der Waals surface area contributed by atoms with Gasteiger partial charge in [-0.1, -0.05) is 13.3 Å². The van der Waals surface area contributed by atoms with Crippen LogP contribution in [-0.4, -0.2) is 16.5 Å². The van der Waals surface area contributed by atoms with E-state index in [4.69, 9.17) is 0 Å². The largest absolute Gasteiger partial charge is 0.382 e. The van der Waals surface area contributed by atoms with Gasteiger partial charge in [0.25, 0.3) is 0 Å². The predicted molar refractivity (Wildman–Crippen MR) is 58.9 cm³/mol. The highest BCUT2D eigenvalue weighted by atomic mass is 32.1. The normalized spacial score (nSPS) is 15.1. The summed E-state index contributed by atoms with van der Waals surface area (Å²) in [5.41, 5.74) is -0.128. The molecule has 0 aliphatic heterocycles. The van der Waals surface area contributed by atoms with Crippen molar-refractivity contribution in [2.75, 3.05) is 0 Å². The van der Waals surface area contributed by atoms with E-state index in [1.165, 1.54) is 11.3 Å². The van der Waals surface area contributed by atoms with Crippen LogP contribution in [-0.2, 0) is 0 Å². The second kappa shape index (κ2) is 4.24. The van der Waals surface area contributed by atoms with Crippen molar-refractivity contribution in [2.45, 2.75) is 39.2 Å². The Bertz CT molecular complexity index is 326. The van der Waals surface area contributed by atoms with E-state index in [9.17, 15) is 9.90 Å². The monoisotopic (exact) mass is 212 g/mol. The number of thiophene rings is 1. The van der Waals surface area contributed by atoms with E-state index < -0.39 is 5.60 Å². The van der Waals surface area contributed by atoms with Gasteiger partial charge in [-0.2, -0.15) is 0 Å². The van der Waals surface area contributed by atoms with Crippen molar-refractivity contribution >= 4 is 17.1 Å². The molecule has 0 saturated heterocycles. The van der Waals surface area contributed by atoms with Crippen LogP contribution in [0.4, 0.5) is 0 Å². The number of rotatable bonds is 4. The Morgan fingerprint density at radius 3 is 2.71 bits per heavy atom. The molecule has 0 aliphatic rings. The van der Waals surface area contributed by atoms with Crippen molar-refractivity contribution in [1.29, 1.82) is 0 Å². The van der Waals surface area contributed by atoms with E-state index >= 15 is 0 Å². The molecule has 0 radical (unpaired) electrons. The van der Waals surface area contributed by atoms with Crippen LogP contribution < -0.4 is 0 Å². The fourth-order valence-electron chi connectivity index (χ4n) is 1.42. The molecule has 1 aromatic heterocycles. The average molecular weight is 212 g/mol. The second-order valence-corrected chi connectivity index (χ2v) is 4.75. The maximum atomic E-state index is 11.8. The first-order valence-electron chi connectivity index (χ1n) is 4.79. The lowest BCUT2D eigenvalue weighted by Gasteiger charge is -2.19. The van der Waals surface area contributed by atoms with Gasteiger partial charge in [0, 0.05) is 0 Å². The van der Waals surface area contributed by atoms with Gasteiger partial charge >= 0.3 is 0 Å². The molecule has 0 saturated carbocycles. The summed E-state index contributed by atoms with van der Waals surface area (Å²) in [6.45, 7) is 5.50. The number of hydrogen-bond donors (Lipinski definition) is 1. The Labute approximate surface area is 88.6 Å². The lowest BCUT2D eigenvalue weighted by Crippen LogP contribution is -2.34. The van der Waals surface area contributed by atoms with Crippen molar-refractivity contribution in [3.05, 3.63) is 21.9 Å². The Morgan fingerprint density at radius 2 is 2.29 bits per heavy atom. The molecule has 0 aliphatic carbocycles. The van der Waals surface area contributed by atoms with Crippen LogP contribution in [0.25, 0.3) is 0 Å². The Morgan fingerprint density at radius 1 is 1.64 bits per heavy atom. The van der Waals surface area contributed by atoms with Crippen LogP contribution in [0.1, 0.15) is 41.9 Å². The molecule has 78 valence electrons. The third-order valence-electron chi connectivity index (χ3n) is 2.18. The zero-order valence-corrected chi connectivity index (χ0v) is 9.65. The minimum atomic E-state index is -1.20. The molecule has 3 heteroatoms. The summed E-state index contributed by atoms with van der Waals surface area (Å²) >= 11 is 1.40. The highest BCUT2D eigenvalue weighted by Crippen LogP contribution is 2.23. The van der Waals surface area contributed by atoms with Gasteiger partial charge < -0.3 is 5.11 Å². The lowest BCUT2D eigenvalue weighted by atomic mass is 9.94. The second-order valence-electron chi connectivity index (χ2n) is 3.84. The quantitative estimate of drug-likeness (QED) is 0.779. The van der Waals surface area contributed by atoms with Crippen LogP contribution >= 0.6 is 11.3 Å². The van der Waals surface area contributed by atoms with Crippen LogP contribution in [0.2, 0.25) is 0 Å². The highest BCUT2D eigenvalue weighted by Gasteiger charge is 2.30. The number of ketones is 1. The Balaban J connectivity index is 2.84. The molecule has 0 fully saturated rings. The molecule has 0 spiro atoms. The highest BCUT2D eigenvalue weighted by molar-refractivity contribution is 7.12. The molecule has 2 nitrogen and oxygen atoms in total. The molecule has 0 amide bonds. The number of aryl methyl sites for hydroxylation is 1. The SMILES string of the molecule is CCCC(C)(O)C(=O)c1cc(C)cs1. The molecular formula is C11H16O2S. The summed E-state index contributed by atoms with van der Waals surface area (Å²) in [5.74, 6) is -0.155. The van der Waals surface area contributed by atoms with Crippen molar-refractivity contribution < 1.29 is 9.90 Å². The predicted octanol–water partition coefficient (Wildman–Crippen LogP) is 2.79. The third kappa shape index (κ3) is 2.42. The van der Waals surface area contributed by atoms with Crippen molar-refractivity contribution in [1.82, 2.24) is 0 Å². The molecule has 1 N–H and O–H groups in total. The van der Waals surface area contributed by atoms with E-state index in [0.29, 0.717) is 11.3 Å². The number of hydrogen-bond acceptors (Lipinski definition) is 3. The van der Waals surface area contributed by atoms with Crippen LogP contribution in [0, 0.1) is 6.92 Å². The van der Waals surface area contributed by atoms with Crippen molar-refractivity contribution in [3.8, 4) is 0 Å². The zero-order chi connectivity index (χ0) is 10.8. The van der Waals surface area contributed by atoms with Gasteiger partial charge in [0.15, 0.2) is 0 Å². The molecule has 1 atom stereocenters. The molecule has 1 rings (SSSR count). The summed E-state index contributed by atoms with van der Waals surface area (Å²) in [6.07, 6.45) is 1.33.